The first-order valence-corrected chi connectivity index (χ1v) is 5.65. The second-order valence-corrected chi connectivity index (χ2v) is 4.88. The van der Waals surface area contributed by atoms with E-state index in [-0.39, 0.29) is 12.2 Å². The monoisotopic (exact) mass is 226 g/mol. The molecule has 16 heavy (non-hydrogen) atoms. The molecule has 0 atom stereocenters. The molecule has 92 valence electrons. The van der Waals surface area contributed by atoms with Gasteiger partial charge in [0.15, 0.2) is 5.78 Å². The normalized spacial score (nSPS) is 11.1. The van der Waals surface area contributed by atoms with Crippen molar-refractivity contribution in [1.82, 2.24) is 0 Å². The molecule has 0 aliphatic rings. The van der Waals surface area contributed by atoms with Crippen molar-refractivity contribution in [3.63, 3.8) is 0 Å². The third-order valence-electron chi connectivity index (χ3n) is 2.86. The van der Waals surface area contributed by atoms with Crippen molar-refractivity contribution in [3.05, 3.63) is 11.1 Å². The Morgan fingerprint density at radius 2 is 1.69 bits per heavy atom. The quantitative estimate of drug-likeness (QED) is 0.559. The first kappa shape index (κ1) is 14.9. The van der Waals surface area contributed by atoms with Gasteiger partial charge in [-0.2, -0.15) is 0 Å². The van der Waals surface area contributed by atoms with Crippen molar-refractivity contribution in [1.29, 1.82) is 0 Å². The Bertz CT molecular complexity index is 307. The Morgan fingerprint density at radius 3 is 2.00 bits per heavy atom. The van der Waals surface area contributed by atoms with Gasteiger partial charge in [0, 0.05) is 6.42 Å². The molecule has 0 saturated heterocycles. The summed E-state index contributed by atoms with van der Waals surface area (Å²) in [5.74, 6) is -1.27. The van der Waals surface area contributed by atoms with Gasteiger partial charge in [-0.25, -0.2) is 0 Å². The molecule has 3 nitrogen and oxygen atoms in total. The Labute approximate surface area is 97.5 Å². The van der Waals surface area contributed by atoms with E-state index in [1.165, 1.54) is 13.8 Å². The molecule has 0 saturated carbocycles. The maximum Gasteiger partial charge on any atom is 0.316 e. The van der Waals surface area contributed by atoms with Crippen molar-refractivity contribution in [2.45, 2.75) is 53.9 Å². The van der Waals surface area contributed by atoms with Crippen LogP contribution in [0.4, 0.5) is 0 Å². The molecule has 0 heterocycles. The number of allylic oxidation sites excluding steroid dienone is 2. The number of carboxylic acids is 1. The predicted molar refractivity (Wildman–Crippen MR) is 64.3 cm³/mol. The van der Waals surface area contributed by atoms with Crippen molar-refractivity contribution in [2.75, 3.05) is 0 Å². The predicted octanol–water partition coefficient (Wildman–Crippen LogP) is 3.19. The van der Waals surface area contributed by atoms with E-state index in [4.69, 9.17) is 5.11 Å². The Hall–Kier alpha value is -1.12. The number of ketones is 1. The average molecular weight is 226 g/mol. The van der Waals surface area contributed by atoms with E-state index in [2.05, 4.69) is 6.92 Å². The molecule has 0 unspecified atom stereocenters. The van der Waals surface area contributed by atoms with Crippen LogP contribution in [0.2, 0.25) is 0 Å². The standard InChI is InChI=1S/C13H22O3/c1-6-7-10(9(2)3)8-11(14)13(4,5)12(15)16/h6-8H2,1-5H3,(H,15,16). The molecule has 0 fully saturated rings. The van der Waals surface area contributed by atoms with Gasteiger partial charge in [-0.05, 0) is 34.1 Å². The summed E-state index contributed by atoms with van der Waals surface area (Å²) < 4.78 is 0. The highest BCUT2D eigenvalue weighted by Gasteiger charge is 2.35. The van der Waals surface area contributed by atoms with Crippen LogP contribution in [0.15, 0.2) is 11.1 Å². The molecule has 0 aromatic rings. The number of carbonyl (C=O) groups is 2. The SMILES string of the molecule is CCCC(CC(=O)C(C)(C)C(=O)O)=C(C)C. The smallest absolute Gasteiger partial charge is 0.316 e. The van der Waals surface area contributed by atoms with Gasteiger partial charge in [0.2, 0.25) is 0 Å². The third kappa shape index (κ3) is 3.80. The van der Waals surface area contributed by atoms with Gasteiger partial charge in [0.05, 0.1) is 0 Å². The lowest BCUT2D eigenvalue weighted by Crippen LogP contribution is -2.33. The van der Waals surface area contributed by atoms with Crippen molar-refractivity contribution in [3.8, 4) is 0 Å². The van der Waals surface area contributed by atoms with Crippen molar-refractivity contribution in [2.24, 2.45) is 5.41 Å². The molecular formula is C13H22O3. The van der Waals surface area contributed by atoms with E-state index in [0.717, 1.165) is 24.0 Å². The maximum absolute atomic E-state index is 11.9. The Balaban J connectivity index is 4.80. The molecular weight excluding hydrogens is 204 g/mol. The fourth-order valence-corrected chi connectivity index (χ4v) is 1.35. The lowest BCUT2D eigenvalue weighted by atomic mass is 9.83. The minimum Gasteiger partial charge on any atom is -0.481 e. The van der Waals surface area contributed by atoms with E-state index >= 15 is 0 Å². The zero-order valence-corrected chi connectivity index (χ0v) is 10.9. The number of Topliss-reactive ketones (excluding diaryl/α,β-unsaturated/α-hetero) is 1. The minimum atomic E-state index is -1.28. The molecule has 0 rings (SSSR count). The molecule has 3 heteroatoms. The van der Waals surface area contributed by atoms with Crippen molar-refractivity contribution < 1.29 is 14.7 Å². The topological polar surface area (TPSA) is 54.4 Å². The highest BCUT2D eigenvalue weighted by molar-refractivity contribution is 6.03. The first-order valence-electron chi connectivity index (χ1n) is 5.65. The summed E-state index contributed by atoms with van der Waals surface area (Å²) >= 11 is 0. The average Bonchev–Trinajstić information content (AvgIpc) is 2.16. The summed E-state index contributed by atoms with van der Waals surface area (Å²) in [4.78, 5) is 22.8. The summed E-state index contributed by atoms with van der Waals surface area (Å²) in [6, 6.07) is 0. The van der Waals surface area contributed by atoms with Crippen LogP contribution in [0.1, 0.15) is 53.9 Å². The Kier molecular flexibility index (Phi) is 5.42. The lowest BCUT2D eigenvalue weighted by Gasteiger charge is -2.19. The summed E-state index contributed by atoms with van der Waals surface area (Å²) in [7, 11) is 0. The molecule has 0 aromatic carbocycles. The van der Waals surface area contributed by atoms with Gasteiger partial charge in [-0.3, -0.25) is 9.59 Å². The molecule has 1 N–H and O–H groups in total. The van der Waals surface area contributed by atoms with Crippen LogP contribution >= 0.6 is 0 Å². The summed E-state index contributed by atoms with van der Waals surface area (Å²) in [6.07, 6.45) is 2.10. The van der Waals surface area contributed by atoms with Crippen LogP contribution in [-0.4, -0.2) is 16.9 Å². The number of carbonyl (C=O) groups excluding carboxylic acids is 1. The van der Waals surface area contributed by atoms with E-state index in [1.807, 2.05) is 13.8 Å². The molecule has 0 aromatic heterocycles. The third-order valence-corrected chi connectivity index (χ3v) is 2.86. The van der Waals surface area contributed by atoms with Gasteiger partial charge in [0.1, 0.15) is 5.41 Å². The summed E-state index contributed by atoms with van der Waals surface area (Å²) in [5, 5.41) is 8.96. The molecule has 0 aliphatic carbocycles. The van der Waals surface area contributed by atoms with Crippen LogP contribution in [0, 0.1) is 5.41 Å². The lowest BCUT2D eigenvalue weighted by molar-refractivity contribution is -0.152. The van der Waals surface area contributed by atoms with Crippen LogP contribution in [0.5, 0.6) is 0 Å². The second kappa shape index (κ2) is 5.83. The summed E-state index contributed by atoms with van der Waals surface area (Å²) in [6.45, 7) is 8.91. The Morgan fingerprint density at radius 1 is 1.19 bits per heavy atom. The zero-order chi connectivity index (χ0) is 12.9. The van der Waals surface area contributed by atoms with Crippen LogP contribution in [0.25, 0.3) is 0 Å². The first-order chi connectivity index (χ1) is 7.23. The molecule has 0 aliphatic heterocycles. The fraction of sp³-hybridized carbons (Fsp3) is 0.692. The molecule has 0 bridgehead atoms. The molecule has 0 radical (unpaired) electrons. The van der Waals surface area contributed by atoms with Crippen LogP contribution < -0.4 is 0 Å². The highest BCUT2D eigenvalue weighted by Crippen LogP contribution is 2.24. The number of aliphatic carboxylic acids is 1. The van der Waals surface area contributed by atoms with E-state index in [9.17, 15) is 9.59 Å². The van der Waals surface area contributed by atoms with Gasteiger partial charge >= 0.3 is 5.97 Å². The number of carboxylic acid groups (broad SMARTS) is 1. The van der Waals surface area contributed by atoms with Crippen LogP contribution in [0.3, 0.4) is 0 Å². The molecule has 0 amide bonds. The number of hydrogen-bond acceptors (Lipinski definition) is 2. The fourth-order valence-electron chi connectivity index (χ4n) is 1.35. The highest BCUT2D eigenvalue weighted by atomic mass is 16.4. The summed E-state index contributed by atoms with van der Waals surface area (Å²) in [5.41, 5.74) is 0.909. The van der Waals surface area contributed by atoms with Gasteiger partial charge < -0.3 is 5.11 Å². The number of rotatable bonds is 6. The van der Waals surface area contributed by atoms with E-state index < -0.39 is 11.4 Å². The van der Waals surface area contributed by atoms with Crippen molar-refractivity contribution >= 4 is 11.8 Å². The largest absolute Gasteiger partial charge is 0.481 e. The molecule has 0 spiro atoms. The maximum atomic E-state index is 11.9. The van der Waals surface area contributed by atoms with E-state index in [0.29, 0.717) is 0 Å². The number of hydrogen-bond donors (Lipinski definition) is 1. The van der Waals surface area contributed by atoms with Gasteiger partial charge in [0.25, 0.3) is 0 Å². The van der Waals surface area contributed by atoms with E-state index in [1.54, 1.807) is 0 Å². The second-order valence-electron chi connectivity index (χ2n) is 4.88. The zero-order valence-electron chi connectivity index (χ0n) is 10.9. The van der Waals surface area contributed by atoms with Gasteiger partial charge in [-0.15, -0.1) is 0 Å². The van der Waals surface area contributed by atoms with Gasteiger partial charge in [-0.1, -0.05) is 24.5 Å². The van der Waals surface area contributed by atoms with Crippen LogP contribution in [-0.2, 0) is 9.59 Å². The minimum absolute atomic E-state index is 0.218.